The summed E-state index contributed by atoms with van der Waals surface area (Å²) < 4.78 is 0. The van der Waals surface area contributed by atoms with Crippen molar-refractivity contribution in [3.63, 3.8) is 0 Å². The Balaban J connectivity index is 2.32. The second-order valence-corrected chi connectivity index (χ2v) is 7.11. The van der Waals surface area contributed by atoms with Crippen molar-refractivity contribution in [1.82, 2.24) is 0 Å². The van der Waals surface area contributed by atoms with Crippen LogP contribution in [0.2, 0.25) is 0 Å². The molecule has 0 heterocycles. The van der Waals surface area contributed by atoms with Gasteiger partial charge in [0.05, 0.1) is 6.10 Å². The third-order valence-corrected chi connectivity index (χ3v) is 5.18. The summed E-state index contributed by atoms with van der Waals surface area (Å²) in [4.78, 5) is 0. The van der Waals surface area contributed by atoms with Gasteiger partial charge in [-0.15, -0.1) is 0 Å². The Morgan fingerprint density at radius 1 is 1.21 bits per heavy atom. The zero-order chi connectivity index (χ0) is 14.3. The second-order valence-electron chi connectivity index (χ2n) is 7.11. The highest BCUT2D eigenvalue weighted by molar-refractivity contribution is 4.89. The zero-order valence-corrected chi connectivity index (χ0v) is 13.2. The van der Waals surface area contributed by atoms with E-state index in [4.69, 9.17) is 0 Å². The van der Waals surface area contributed by atoms with Crippen molar-refractivity contribution in [2.24, 2.45) is 17.3 Å². The topological polar surface area (TPSA) is 40.5 Å². The molecular formula is C17H34O2. The lowest BCUT2D eigenvalue weighted by Gasteiger charge is -2.42. The summed E-state index contributed by atoms with van der Waals surface area (Å²) >= 11 is 0. The highest BCUT2D eigenvalue weighted by atomic mass is 16.3. The molecule has 4 unspecified atom stereocenters. The summed E-state index contributed by atoms with van der Waals surface area (Å²) in [7, 11) is 0. The molecule has 4 atom stereocenters. The molecule has 0 aromatic carbocycles. The lowest BCUT2D eigenvalue weighted by Crippen LogP contribution is -2.39. The number of aliphatic hydroxyl groups is 2. The number of hydrogen-bond donors (Lipinski definition) is 2. The minimum Gasteiger partial charge on any atom is -0.396 e. The van der Waals surface area contributed by atoms with Crippen LogP contribution in [-0.4, -0.2) is 22.9 Å². The maximum atomic E-state index is 10.3. The molecule has 0 saturated heterocycles. The maximum absolute atomic E-state index is 10.3. The number of aliphatic hydroxyl groups excluding tert-OH is 2. The molecule has 2 nitrogen and oxygen atoms in total. The Bertz CT molecular complexity index is 241. The van der Waals surface area contributed by atoms with Gasteiger partial charge in [-0.2, -0.15) is 0 Å². The molecular weight excluding hydrogens is 236 g/mol. The average molecular weight is 270 g/mol. The molecule has 0 radical (unpaired) electrons. The van der Waals surface area contributed by atoms with Crippen LogP contribution < -0.4 is 0 Å². The lowest BCUT2D eigenvalue weighted by molar-refractivity contribution is -0.0267. The van der Waals surface area contributed by atoms with Crippen LogP contribution in [0.4, 0.5) is 0 Å². The highest BCUT2D eigenvalue weighted by Crippen LogP contribution is 2.44. The third kappa shape index (κ3) is 5.43. The van der Waals surface area contributed by atoms with Crippen molar-refractivity contribution in [1.29, 1.82) is 0 Å². The summed E-state index contributed by atoms with van der Waals surface area (Å²) in [5.74, 6) is 0.544. The first-order chi connectivity index (χ1) is 9.02. The van der Waals surface area contributed by atoms with E-state index in [0.29, 0.717) is 11.3 Å². The van der Waals surface area contributed by atoms with Gasteiger partial charge in [-0.1, -0.05) is 52.9 Å². The summed E-state index contributed by atoms with van der Waals surface area (Å²) in [5.41, 5.74) is 0.331. The zero-order valence-electron chi connectivity index (χ0n) is 13.2. The van der Waals surface area contributed by atoms with E-state index in [9.17, 15) is 10.2 Å². The van der Waals surface area contributed by atoms with Crippen LogP contribution in [0.5, 0.6) is 0 Å². The molecule has 114 valence electrons. The van der Waals surface area contributed by atoms with Gasteiger partial charge in [0.1, 0.15) is 0 Å². The van der Waals surface area contributed by atoms with Gasteiger partial charge in [0.25, 0.3) is 0 Å². The van der Waals surface area contributed by atoms with Gasteiger partial charge in [0.2, 0.25) is 0 Å². The molecule has 1 rings (SSSR count). The molecule has 0 aliphatic heterocycles. The van der Waals surface area contributed by atoms with Crippen molar-refractivity contribution >= 4 is 0 Å². The van der Waals surface area contributed by atoms with Gasteiger partial charge in [0.15, 0.2) is 0 Å². The highest BCUT2D eigenvalue weighted by Gasteiger charge is 2.38. The standard InChI is InChI=1S/C17H34O2/c1-4-5-6-7-8-10-17(3)11-9-15(14(2)13-18)16(19)12-17/h14-16,18-19H,4-13H2,1-3H3. The monoisotopic (exact) mass is 270 g/mol. The van der Waals surface area contributed by atoms with Crippen molar-refractivity contribution in [3.05, 3.63) is 0 Å². The van der Waals surface area contributed by atoms with Crippen molar-refractivity contribution in [2.75, 3.05) is 6.61 Å². The molecule has 0 amide bonds. The fourth-order valence-corrected chi connectivity index (χ4v) is 3.65. The SMILES string of the molecule is CCCCCCCC1(C)CCC(C(C)CO)C(O)C1. The van der Waals surface area contributed by atoms with Crippen LogP contribution in [0.15, 0.2) is 0 Å². The van der Waals surface area contributed by atoms with E-state index >= 15 is 0 Å². The van der Waals surface area contributed by atoms with Gasteiger partial charge in [-0.25, -0.2) is 0 Å². The van der Waals surface area contributed by atoms with Crippen LogP contribution in [-0.2, 0) is 0 Å². The van der Waals surface area contributed by atoms with Crippen molar-refractivity contribution < 1.29 is 10.2 Å². The first-order valence-electron chi connectivity index (χ1n) is 8.31. The Hall–Kier alpha value is -0.0800. The Morgan fingerprint density at radius 2 is 1.89 bits per heavy atom. The Morgan fingerprint density at radius 3 is 2.47 bits per heavy atom. The van der Waals surface area contributed by atoms with Gasteiger partial charge in [-0.05, 0) is 42.9 Å². The third-order valence-electron chi connectivity index (χ3n) is 5.18. The minimum atomic E-state index is -0.212. The normalized spacial score (nSPS) is 33.3. The Kier molecular flexibility index (Phi) is 7.38. The lowest BCUT2D eigenvalue weighted by atomic mass is 9.65. The van der Waals surface area contributed by atoms with Crippen molar-refractivity contribution in [2.45, 2.75) is 84.7 Å². The van der Waals surface area contributed by atoms with E-state index < -0.39 is 0 Å². The smallest absolute Gasteiger partial charge is 0.0577 e. The number of unbranched alkanes of at least 4 members (excludes halogenated alkanes) is 4. The van der Waals surface area contributed by atoms with Crippen LogP contribution in [0.1, 0.15) is 78.6 Å². The molecule has 2 N–H and O–H groups in total. The van der Waals surface area contributed by atoms with Gasteiger partial charge in [0, 0.05) is 6.61 Å². The Labute approximate surface area is 119 Å². The number of rotatable bonds is 8. The van der Waals surface area contributed by atoms with Gasteiger partial charge in [-0.3, -0.25) is 0 Å². The molecule has 1 fully saturated rings. The molecule has 1 aliphatic rings. The first-order valence-corrected chi connectivity index (χ1v) is 8.31. The van der Waals surface area contributed by atoms with E-state index in [1.54, 1.807) is 0 Å². The fourth-order valence-electron chi connectivity index (χ4n) is 3.65. The summed E-state index contributed by atoms with van der Waals surface area (Å²) in [6, 6.07) is 0. The van der Waals surface area contributed by atoms with E-state index in [1.165, 1.54) is 44.9 Å². The van der Waals surface area contributed by atoms with E-state index in [1.807, 2.05) is 0 Å². The summed E-state index contributed by atoms with van der Waals surface area (Å²) in [6.45, 7) is 6.86. The largest absolute Gasteiger partial charge is 0.396 e. The molecule has 2 heteroatoms. The average Bonchev–Trinajstić information content (AvgIpc) is 2.37. The molecule has 1 aliphatic carbocycles. The van der Waals surface area contributed by atoms with Crippen LogP contribution in [0, 0.1) is 17.3 Å². The van der Waals surface area contributed by atoms with Crippen molar-refractivity contribution in [3.8, 4) is 0 Å². The molecule has 1 saturated carbocycles. The summed E-state index contributed by atoms with van der Waals surface area (Å²) in [5, 5.41) is 19.6. The van der Waals surface area contributed by atoms with Crippen LogP contribution in [0.3, 0.4) is 0 Å². The quantitative estimate of drug-likeness (QED) is 0.651. The minimum absolute atomic E-state index is 0.204. The van der Waals surface area contributed by atoms with Gasteiger partial charge < -0.3 is 10.2 Å². The van der Waals surface area contributed by atoms with E-state index in [2.05, 4.69) is 20.8 Å². The number of hydrogen-bond acceptors (Lipinski definition) is 2. The summed E-state index contributed by atoms with van der Waals surface area (Å²) in [6.07, 6.45) is 10.9. The van der Waals surface area contributed by atoms with Crippen LogP contribution in [0.25, 0.3) is 0 Å². The predicted octanol–water partition coefficient (Wildman–Crippen LogP) is 4.14. The molecule has 0 aromatic heterocycles. The molecule has 0 aromatic rings. The predicted molar refractivity (Wildman–Crippen MR) is 81.1 cm³/mol. The van der Waals surface area contributed by atoms with Crippen LogP contribution >= 0.6 is 0 Å². The maximum Gasteiger partial charge on any atom is 0.0577 e. The van der Waals surface area contributed by atoms with E-state index in [0.717, 1.165) is 12.8 Å². The van der Waals surface area contributed by atoms with E-state index in [-0.39, 0.29) is 18.6 Å². The molecule has 0 bridgehead atoms. The molecule has 0 spiro atoms. The second kappa shape index (κ2) is 8.26. The van der Waals surface area contributed by atoms with Gasteiger partial charge >= 0.3 is 0 Å². The molecule has 19 heavy (non-hydrogen) atoms. The fraction of sp³-hybridized carbons (Fsp3) is 1.00. The first kappa shape index (κ1) is 17.0.